The first-order valence-corrected chi connectivity index (χ1v) is 6.17. The van der Waals surface area contributed by atoms with Crippen molar-refractivity contribution in [1.82, 2.24) is 5.32 Å². The number of aliphatic hydroxyl groups is 1. The summed E-state index contributed by atoms with van der Waals surface area (Å²) in [4.78, 5) is 0. The SMILES string of the molecule is CC(C)CNCC(C)(O)Cc1ccc(F)c(F)c1. The maximum absolute atomic E-state index is 13.0. The van der Waals surface area contributed by atoms with Crippen LogP contribution in [0, 0.1) is 17.6 Å². The van der Waals surface area contributed by atoms with Gasteiger partial charge in [0.2, 0.25) is 0 Å². The maximum Gasteiger partial charge on any atom is 0.159 e. The lowest BCUT2D eigenvalue weighted by molar-refractivity contribution is 0.0595. The fraction of sp³-hybridized carbons (Fsp3) is 0.571. The summed E-state index contributed by atoms with van der Waals surface area (Å²) in [5.74, 6) is -1.24. The molecule has 0 saturated heterocycles. The van der Waals surface area contributed by atoms with E-state index in [2.05, 4.69) is 19.2 Å². The maximum atomic E-state index is 13.0. The molecular formula is C14H21F2NO. The molecule has 1 atom stereocenters. The van der Waals surface area contributed by atoms with Crippen LogP contribution in [0.1, 0.15) is 26.3 Å². The van der Waals surface area contributed by atoms with E-state index in [0.29, 0.717) is 18.0 Å². The Bertz CT molecular complexity index is 391. The number of hydrogen-bond acceptors (Lipinski definition) is 2. The van der Waals surface area contributed by atoms with E-state index in [1.165, 1.54) is 6.07 Å². The van der Waals surface area contributed by atoms with Crippen LogP contribution >= 0.6 is 0 Å². The van der Waals surface area contributed by atoms with E-state index in [1.807, 2.05) is 0 Å². The van der Waals surface area contributed by atoms with E-state index in [1.54, 1.807) is 6.92 Å². The summed E-state index contributed by atoms with van der Waals surface area (Å²) in [7, 11) is 0. The predicted octanol–water partition coefficient (Wildman–Crippen LogP) is 2.50. The molecule has 0 spiro atoms. The lowest BCUT2D eigenvalue weighted by Crippen LogP contribution is -2.40. The van der Waals surface area contributed by atoms with Gasteiger partial charge in [-0.05, 0) is 37.1 Å². The molecule has 0 aromatic heterocycles. The van der Waals surface area contributed by atoms with Crippen LogP contribution in [0.25, 0.3) is 0 Å². The molecule has 1 aromatic carbocycles. The van der Waals surface area contributed by atoms with Gasteiger partial charge >= 0.3 is 0 Å². The average molecular weight is 257 g/mol. The minimum atomic E-state index is -0.973. The third-order valence-electron chi connectivity index (χ3n) is 2.63. The van der Waals surface area contributed by atoms with Crippen LogP contribution in [0.3, 0.4) is 0 Å². The van der Waals surface area contributed by atoms with Crippen LogP contribution in [0.2, 0.25) is 0 Å². The van der Waals surface area contributed by atoms with E-state index in [4.69, 9.17) is 0 Å². The third kappa shape index (κ3) is 5.10. The first-order chi connectivity index (χ1) is 8.30. The van der Waals surface area contributed by atoms with Crippen molar-refractivity contribution in [2.45, 2.75) is 32.8 Å². The number of halogens is 2. The molecule has 2 nitrogen and oxygen atoms in total. The normalized spacial score (nSPS) is 14.8. The molecule has 18 heavy (non-hydrogen) atoms. The first-order valence-electron chi connectivity index (χ1n) is 6.17. The standard InChI is InChI=1S/C14H21F2NO/c1-10(2)8-17-9-14(3,18)7-11-4-5-12(15)13(16)6-11/h4-6,10,17-18H,7-9H2,1-3H3. The molecule has 0 aliphatic heterocycles. The Balaban J connectivity index is 2.55. The fourth-order valence-corrected chi connectivity index (χ4v) is 1.78. The molecule has 0 radical (unpaired) electrons. The van der Waals surface area contributed by atoms with Gasteiger partial charge in [-0.1, -0.05) is 19.9 Å². The van der Waals surface area contributed by atoms with Crippen LogP contribution in [-0.2, 0) is 6.42 Å². The quantitative estimate of drug-likeness (QED) is 0.820. The smallest absolute Gasteiger partial charge is 0.159 e. The second-order valence-electron chi connectivity index (χ2n) is 5.45. The third-order valence-corrected chi connectivity index (χ3v) is 2.63. The Morgan fingerprint density at radius 1 is 1.28 bits per heavy atom. The molecule has 0 aliphatic carbocycles. The van der Waals surface area contributed by atoms with Gasteiger partial charge < -0.3 is 10.4 Å². The van der Waals surface area contributed by atoms with Crippen molar-refractivity contribution < 1.29 is 13.9 Å². The molecule has 0 aliphatic rings. The second-order valence-corrected chi connectivity index (χ2v) is 5.45. The molecule has 1 aromatic rings. The molecule has 2 N–H and O–H groups in total. The van der Waals surface area contributed by atoms with Crippen LogP contribution in [0.15, 0.2) is 18.2 Å². The summed E-state index contributed by atoms with van der Waals surface area (Å²) in [6.07, 6.45) is 0.287. The van der Waals surface area contributed by atoms with Gasteiger partial charge in [0.05, 0.1) is 5.60 Å². The fourth-order valence-electron chi connectivity index (χ4n) is 1.78. The zero-order valence-electron chi connectivity index (χ0n) is 11.1. The van der Waals surface area contributed by atoms with Gasteiger partial charge in [0.1, 0.15) is 0 Å². The Labute approximate surface area is 107 Å². The Morgan fingerprint density at radius 3 is 2.50 bits per heavy atom. The molecule has 0 fully saturated rings. The van der Waals surface area contributed by atoms with Crippen molar-refractivity contribution in [1.29, 1.82) is 0 Å². The van der Waals surface area contributed by atoms with Crippen LogP contribution in [0.5, 0.6) is 0 Å². The van der Waals surface area contributed by atoms with E-state index in [9.17, 15) is 13.9 Å². The molecule has 4 heteroatoms. The Hall–Kier alpha value is -1.00. The molecule has 0 bridgehead atoms. The molecule has 1 rings (SSSR count). The topological polar surface area (TPSA) is 32.3 Å². The summed E-state index contributed by atoms with van der Waals surface area (Å²) in [5, 5.41) is 13.3. The number of nitrogens with one attached hydrogen (secondary N) is 1. The first kappa shape index (κ1) is 15.1. The number of benzene rings is 1. The highest BCUT2D eigenvalue weighted by Gasteiger charge is 2.21. The van der Waals surface area contributed by atoms with Crippen LogP contribution in [-0.4, -0.2) is 23.8 Å². The second kappa shape index (κ2) is 6.25. The summed E-state index contributed by atoms with van der Waals surface area (Å²) in [6, 6.07) is 3.71. The molecule has 0 heterocycles. The highest BCUT2D eigenvalue weighted by molar-refractivity contribution is 5.19. The average Bonchev–Trinajstić information content (AvgIpc) is 2.22. The van der Waals surface area contributed by atoms with Crippen molar-refractivity contribution in [3.05, 3.63) is 35.4 Å². The van der Waals surface area contributed by atoms with Gasteiger partial charge in [0.25, 0.3) is 0 Å². The van der Waals surface area contributed by atoms with Gasteiger partial charge in [-0.2, -0.15) is 0 Å². The number of rotatable bonds is 6. The molecule has 1 unspecified atom stereocenters. The minimum absolute atomic E-state index is 0.287. The van der Waals surface area contributed by atoms with Crippen molar-refractivity contribution in [3.63, 3.8) is 0 Å². The summed E-state index contributed by atoms with van der Waals surface area (Å²) in [6.45, 7) is 7.08. The van der Waals surface area contributed by atoms with Gasteiger partial charge in [-0.25, -0.2) is 8.78 Å². The Morgan fingerprint density at radius 2 is 1.94 bits per heavy atom. The van der Waals surface area contributed by atoms with E-state index in [0.717, 1.165) is 18.7 Å². The summed E-state index contributed by atoms with van der Waals surface area (Å²) in [5.41, 5.74) is -0.385. The number of hydrogen-bond donors (Lipinski definition) is 2. The van der Waals surface area contributed by atoms with E-state index in [-0.39, 0.29) is 6.42 Å². The Kier molecular flexibility index (Phi) is 5.23. The largest absolute Gasteiger partial charge is 0.389 e. The van der Waals surface area contributed by atoms with E-state index < -0.39 is 17.2 Å². The van der Waals surface area contributed by atoms with Gasteiger partial charge in [0, 0.05) is 13.0 Å². The van der Waals surface area contributed by atoms with Gasteiger partial charge in [-0.3, -0.25) is 0 Å². The van der Waals surface area contributed by atoms with Crippen molar-refractivity contribution >= 4 is 0 Å². The lowest BCUT2D eigenvalue weighted by Gasteiger charge is -2.24. The minimum Gasteiger partial charge on any atom is -0.389 e. The van der Waals surface area contributed by atoms with Crippen LogP contribution < -0.4 is 5.32 Å². The zero-order valence-corrected chi connectivity index (χ0v) is 11.1. The van der Waals surface area contributed by atoms with Crippen molar-refractivity contribution in [2.24, 2.45) is 5.92 Å². The highest BCUT2D eigenvalue weighted by atomic mass is 19.2. The monoisotopic (exact) mass is 257 g/mol. The van der Waals surface area contributed by atoms with Gasteiger partial charge in [-0.15, -0.1) is 0 Å². The molecule has 102 valence electrons. The van der Waals surface area contributed by atoms with Gasteiger partial charge in [0.15, 0.2) is 11.6 Å². The zero-order chi connectivity index (χ0) is 13.8. The summed E-state index contributed by atoms with van der Waals surface area (Å²) < 4.78 is 25.8. The van der Waals surface area contributed by atoms with E-state index >= 15 is 0 Å². The highest BCUT2D eigenvalue weighted by Crippen LogP contribution is 2.15. The predicted molar refractivity (Wildman–Crippen MR) is 68.4 cm³/mol. The molecule has 0 amide bonds. The van der Waals surface area contributed by atoms with Crippen molar-refractivity contribution in [2.75, 3.05) is 13.1 Å². The van der Waals surface area contributed by atoms with Crippen molar-refractivity contribution in [3.8, 4) is 0 Å². The van der Waals surface area contributed by atoms with Crippen LogP contribution in [0.4, 0.5) is 8.78 Å². The molecular weight excluding hydrogens is 236 g/mol. The lowest BCUT2D eigenvalue weighted by atomic mass is 9.96. The summed E-state index contributed by atoms with van der Waals surface area (Å²) >= 11 is 0. The molecule has 0 saturated carbocycles.